The monoisotopic (exact) mass is 349 g/mol. The lowest BCUT2D eigenvalue weighted by atomic mass is 9.96. The number of imide groups is 1. The molecule has 1 aliphatic heterocycles. The van der Waals surface area contributed by atoms with E-state index in [1.165, 1.54) is 31.4 Å². The minimum absolute atomic E-state index is 0.00599. The van der Waals surface area contributed by atoms with Crippen molar-refractivity contribution < 1.29 is 23.1 Å². The Morgan fingerprint density at radius 2 is 1.50 bits per heavy atom. The Hall–Kier alpha value is -2.73. The lowest BCUT2D eigenvalue weighted by Crippen LogP contribution is -2.22. The van der Waals surface area contributed by atoms with Crippen molar-refractivity contribution >= 4 is 34.6 Å². The van der Waals surface area contributed by atoms with Gasteiger partial charge in [0.05, 0.1) is 23.3 Å². The second-order valence-corrected chi connectivity index (χ2v) is 5.42. The molecule has 0 aliphatic carbocycles. The third-order valence-electron chi connectivity index (χ3n) is 3.58. The average molecular weight is 350 g/mol. The van der Waals surface area contributed by atoms with Crippen LogP contribution in [0.1, 0.15) is 11.1 Å². The molecule has 24 heavy (non-hydrogen) atoms. The molecule has 0 saturated heterocycles. The summed E-state index contributed by atoms with van der Waals surface area (Å²) in [4.78, 5) is 24.3. The maximum Gasteiger partial charge on any atom is 0.259 e. The van der Waals surface area contributed by atoms with E-state index in [-0.39, 0.29) is 33.0 Å². The number of halogens is 3. The van der Waals surface area contributed by atoms with Gasteiger partial charge < -0.3 is 4.74 Å². The molecule has 0 spiro atoms. The lowest BCUT2D eigenvalue weighted by molar-refractivity contribution is -0.122. The smallest absolute Gasteiger partial charge is 0.259 e. The molecule has 122 valence electrons. The highest BCUT2D eigenvalue weighted by Crippen LogP contribution is 2.34. The molecule has 1 N–H and O–H groups in total. The second-order valence-electron chi connectivity index (χ2n) is 5.01. The van der Waals surface area contributed by atoms with Crippen LogP contribution in [0, 0.1) is 11.6 Å². The summed E-state index contributed by atoms with van der Waals surface area (Å²) in [6, 6.07) is 7.56. The van der Waals surface area contributed by atoms with Gasteiger partial charge in [-0.05, 0) is 35.4 Å². The third-order valence-corrected chi connectivity index (χ3v) is 3.87. The summed E-state index contributed by atoms with van der Waals surface area (Å²) in [5.74, 6) is -2.64. The number of hydrogen-bond donors (Lipinski definition) is 1. The number of carbonyl (C=O) groups is 2. The topological polar surface area (TPSA) is 55.4 Å². The van der Waals surface area contributed by atoms with Gasteiger partial charge in [-0.1, -0.05) is 23.7 Å². The Kier molecular flexibility index (Phi) is 4.07. The highest BCUT2D eigenvalue weighted by atomic mass is 35.5. The average Bonchev–Trinajstić information content (AvgIpc) is 2.84. The lowest BCUT2D eigenvalue weighted by Gasteiger charge is -2.07. The number of amides is 2. The van der Waals surface area contributed by atoms with E-state index in [2.05, 4.69) is 5.32 Å². The molecular formula is C17H10ClF2NO3. The number of ether oxygens (including phenoxy) is 1. The van der Waals surface area contributed by atoms with Crippen molar-refractivity contribution in [3.63, 3.8) is 0 Å². The van der Waals surface area contributed by atoms with Gasteiger partial charge in [0.1, 0.15) is 5.82 Å². The van der Waals surface area contributed by atoms with Gasteiger partial charge in [0.15, 0.2) is 11.6 Å². The molecule has 2 aromatic carbocycles. The fourth-order valence-corrected chi connectivity index (χ4v) is 2.66. The number of methoxy groups -OCH3 is 1. The van der Waals surface area contributed by atoms with Crippen molar-refractivity contribution in [1.29, 1.82) is 0 Å². The molecule has 0 fully saturated rings. The Morgan fingerprint density at radius 3 is 2.04 bits per heavy atom. The number of nitrogens with one attached hydrogen (secondary N) is 1. The minimum Gasteiger partial charge on any atom is -0.494 e. The van der Waals surface area contributed by atoms with Gasteiger partial charge in [-0.3, -0.25) is 14.9 Å². The van der Waals surface area contributed by atoms with Gasteiger partial charge in [0.25, 0.3) is 11.8 Å². The highest BCUT2D eigenvalue weighted by molar-refractivity contribution is 6.49. The SMILES string of the molecule is COc1ccc(C2=C(c3ccc(F)c(Cl)c3)C(=O)NC2=O)cc1F. The van der Waals surface area contributed by atoms with E-state index in [1.54, 1.807) is 0 Å². The molecule has 0 radical (unpaired) electrons. The molecule has 0 aromatic heterocycles. The molecule has 1 heterocycles. The van der Waals surface area contributed by atoms with Crippen molar-refractivity contribution in [3.8, 4) is 5.75 Å². The molecule has 0 unspecified atom stereocenters. The van der Waals surface area contributed by atoms with Gasteiger partial charge in [0.2, 0.25) is 0 Å². The second kappa shape index (κ2) is 6.05. The summed E-state index contributed by atoms with van der Waals surface area (Å²) >= 11 is 5.74. The molecule has 0 bridgehead atoms. The van der Waals surface area contributed by atoms with Crippen LogP contribution in [-0.4, -0.2) is 18.9 Å². The normalized spacial score (nSPS) is 14.2. The fraction of sp³-hybridized carbons (Fsp3) is 0.0588. The molecule has 3 rings (SSSR count). The summed E-state index contributed by atoms with van der Waals surface area (Å²) in [6.07, 6.45) is 0. The summed E-state index contributed by atoms with van der Waals surface area (Å²) in [6.45, 7) is 0. The molecule has 7 heteroatoms. The van der Waals surface area contributed by atoms with Crippen molar-refractivity contribution in [2.75, 3.05) is 7.11 Å². The quantitative estimate of drug-likeness (QED) is 0.866. The van der Waals surface area contributed by atoms with Gasteiger partial charge in [0, 0.05) is 0 Å². The third kappa shape index (κ3) is 2.65. The summed E-state index contributed by atoms with van der Waals surface area (Å²) < 4.78 is 32.1. The van der Waals surface area contributed by atoms with Crippen molar-refractivity contribution in [2.24, 2.45) is 0 Å². The first-order chi connectivity index (χ1) is 11.4. The first kappa shape index (κ1) is 16.1. The summed E-state index contributed by atoms with van der Waals surface area (Å²) in [5.41, 5.74) is 0.457. The maximum absolute atomic E-state index is 13.9. The Labute approximate surface area is 140 Å². The Bertz CT molecular complexity index is 909. The van der Waals surface area contributed by atoms with Crippen LogP contribution in [-0.2, 0) is 9.59 Å². The van der Waals surface area contributed by atoms with E-state index in [9.17, 15) is 18.4 Å². The minimum atomic E-state index is -0.675. The summed E-state index contributed by atoms with van der Waals surface area (Å²) in [7, 11) is 1.31. The number of benzene rings is 2. The Morgan fingerprint density at radius 1 is 0.917 bits per heavy atom. The van der Waals surface area contributed by atoms with E-state index in [4.69, 9.17) is 16.3 Å². The maximum atomic E-state index is 13.9. The zero-order valence-corrected chi connectivity index (χ0v) is 13.1. The van der Waals surface area contributed by atoms with Gasteiger partial charge in [-0.15, -0.1) is 0 Å². The first-order valence-corrected chi connectivity index (χ1v) is 7.19. The number of rotatable bonds is 3. The number of hydrogen-bond acceptors (Lipinski definition) is 3. The molecule has 0 saturated carbocycles. The molecule has 1 aliphatic rings. The van der Waals surface area contributed by atoms with E-state index in [0.717, 1.165) is 12.1 Å². The molecule has 2 amide bonds. The van der Waals surface area contributed by atoms with Crippen LogP contribution >= 0.6 is 11.6 Å². The largest absolute Gasteiger partial charge is 0.494 e. The fourth-order valence-electron chi connectivity index (χ4n) is 2.48. The van der Waals surface area contributed by atoms with Crippen LogP contribution in [0.4, 0.5) is 8.78 Å². The van der Waals surface area contributed by atoms with Crippen molar-refractivity contribution in [1.82, 2.24) is 5.32 Å². The predicted octanol–water partition coefficient (Wildman–Crippen LogP) is 3.19. The first-order valence-electron chi connectivity index (χ1n) is 6.81. The summed E-state index contributed by atoms with van der Waals surface area (Å²) in [5, 5.41) is 1.97. The van der Waals surface area contributed by atoms with Crippen molar-refractivity contribution in [3.05, 3.63) is 64.2 Å². The molecular weight excluding hydrogens is 340 g/mol. The zero-order chi connectivity index (χ0) is 17.4. The van der Waals surface area contributed by atoms with Crippen LogP contribution < -0.4 is 10.1 Å². The zero-order valence-electron chi connectivity index (χ0n) is 12.3. The Balaban J connectivity index is 2.21. The van der Waals surface area contributed by atoms with Crippen LogP contribution in [0.2, 0.25) is 5.02 Å². The predicted molar refractivity (Wildman–Crippen MR) is 84.3 cm³/mol. The van der Waals surface area contributed by atoms with Crippen LogP contribution in [0.3, 0.4) is 0 Å². The highest BCUT2D eigenvalue weighted by Gasteiger charge is 2.32. The molecule has 4 nitrogen and oxygen atoms in total. The standard InChI is InChI=1S/C17H10ClF2NO3/c1-24-13-5-3-9(7-12(13)20)15-14(16(22)21-17(15)23)8-2-4-11(19)10(18)6-8/h2-7H,1H3,(H,21,22,23). The van der Waals surface area contributed by atoms with Crippen LogP contribution in [0.15, 0.2) is 36.4 Å². The van der Waals surface area contributed by atoms with Gasteiger partial charge >= 0.3 is 0 Å². The van der Waals surface area contributed by atoms with E-state index >= 15 is 0 Å². The van der Waals surface area contributed by atoms with E-state index < -0.39 is 23.4 Å². The van der Waals surface area contributed by atoms with Gasteiger partial charge in [-0.2, -0.15) is 0 Å². The molecule has 2 aromatic rings. The van der Waals surface area contributed by atoms with Crippen LogP contribution in [0.5, 0.6) is 5.75 Å². The van der Waals surface area contributed by atoms with E-state index in [1.807, 2.05) is 0 Å². The van der Waals surface area contributed by atoms with Gasteiger partial charge in [-0.25, -0.2) is 8.78 Å². The van der Waals surface area contributed by atoms with E-state index in [0.29, 0.717) is 0 Å². The van der Waals surface area contributed by atoms with Crippen LogP contribution in [0.25, 0.3) is 11.1 Å². The van der Waals surface area contributed by atoms with Crippen molar-refractivity contribution in [2.45, 2.75) is 0 Å². The number of carbonyl (C=O) groups excluding carboxylic acids is 2. The molecule has 0 atom stereocenters.